The minimum absolute atomic E-state index is 0.0616. The third-order valence-corrected chi connectivity index (χ3v) is 6.23. The molecular weight excluding hydrogens is 554 g/mol. The zero-order valence-corrected chi connectivity index (χ0v) is 22.2. The van der Waals surface area contributed by atoms with Crippen LogP contribution in [0.15, 0.2) is 30.3 Å². The van der Waals surface area contributed by atoms with Gasteiger partial charge in [0.05, 0.1) is 12.3 Å². The Hall–Kier alpha value is -4.49. The number of hydrogen-bond acceptors (Lipinski definition) is 6. The lowest BCUT2D eigenvalue weighted by atomic mass is 9.86. The number of carboxylic acids is 1. The van der Waals surface area contributed by atoms with E-state index in [1.807, 2.05) is 26.8 Å². The van der Waals surface area contributed by atoms with E-state index in [4.69, 9.17) is 5.11 Å². The van der Waals surface area contributed by atoms with Crippen LogP contribution in [-0.4, -0.2) is 65.2 Å². The van der Waals surface area contributed by atoms with Crippen LogP contribution >= 0.6 is 0 Å². The Labute approximate surface area is 231 Å². The molecule has 1 aliphatic heterocycles. The number of para-hydroxylation sites is 1. The molecule has 0 aliphatic carbocycles. The Balaban J connectivity index is 1.58. The summed E-state index contributed by atoms with van der Waals surface area (Å²) in [6.45, 7) is 4.17. The van der Waals surface area contributed by atoms with Crippen LogP contribution in [0.3, 0.4) is 0 Å². The van der Waals surface area contributed by atoms with E-state index < -0.39 is 83.5 Å². The zero-order chi connectivity index (χ0) is 30.6. The minimum atomic E-state index is -1.90. The van der Waals surface area contributed by atoms with Crippen molar-refractivity contribution in [2.45, 2.75) is 38.6 Å². The number of benzene rings is 2. The topological polar surface area (TPSA) is 142 Å². The summed E-state index contributed by atoms with van der Waals surface area (Å²) in [5, 5.41) is 13.8. The smallest absolute Gasteiger partial charge is 0.313 e. The first-order valence-corrected chi connectivity index (χ1v) is 12.3. The SMILES string of the molecule is CC(C)(C)c1ccccc1NC(=O)C(=O)N1CC(C(=O)N[C@@H](CC(=O)O)C(=O)COc2c(F)c(F)cc(F)c2F)C1. The number of hydrogen-bond donors (Lipinski definition) is 3. The predicted octanol–water partition coefficient (Wildman–Crippen LogP) is 2.55. The fourth-order valence-electron chi connectivity index (χ4n) is 4.01. The van der Waals surface area contributed by atoms with Gasteiger partial charge < -0.3 is 25.4 Å². The lowest BCUT2D eigenvalue weighted by molar-refractivity contribution is -0.151. The van der Waals surface area contributed by atoms with E-state index in [1.165, 1.54) is 0 Å². The number of nitrogens with one attached hydrogen (secondary N) is 2. The number of likely N-dealkylation sites (tertiary alicyclic amines) is 1. The summed E-state index contributed by atoms with van der Waals surface area (Å²) in [5.74, 6) is -15.1. The molecule has 3 rings (SSSR count). The number of Topliss-reactive ketones (excluding diaryl/α,β-unsaturated/α-hetero) is 1. The van der Waals surface area contributed by atoms with E-state index in [0.717, 1.165) is 10.5 Å². The Morgan fingerprint density at radius 3 is 2.17 bits per heavy atom. The Morgan fingerprint density at radius 1 is 1.02 bits per heavy atom. The van der Waals surface area contributed by atoms with Crippen molar-refractivity contribution in [3.63, 3.8) is 0 Å². The summed E-state index contributed by atoms with van der Waals surface area (Å²) in [6, 6.07) is 5.16. The van der Waals surface area contributed by atoms with Crippen LogP contribution in [0.4, 0.5) is 23.2 Å². The number of rotatable bonds is 9. The molecule has 0 bridgehead atoms. The molecular formula is C27H27F4N3O7. The number of ether oxygens (including phenoxy) is 1. The van der Waals surface area contributed by atoms with Gasteiger partial charge in [-0.3, -0.25) is 24.0 Å². The van der Waals surface area contributed by atoms with Gasteiger partial charge in [0.25, 0.3) is 0 Å². The Bertz CT molecular complexity index is 1360. The summed E-state index contributed by atoms with van der Waals surface area (Å²) < 4.78 is 58.9. The third-order valence-electron chi connectivity index (χ3n) is 6.23. The molecule has 1 saturated heterocycles. The number of ketones is 1. The maximum absolute atomic E-state index is 13.8. The lowest BCUT2D eigenvalue weighted by Crippen LogP contribution is -2.59. The number of amides is 3. The van der Waals surface area contributed by atoms with E-state index in [9.17, 15) is 41.5 Å². The number of carbonyl (C=O) groups is 5. The van der Waals surface area contributed by atoms with E-state index in [2.05, 4.69) is 15.4 Å². The van der Waals surface area contributed by atoms with Gasteiger partial charge in [0.15, 0.2) is 23.2 Å². The van der Waals surface area contributed by atoms with Gasteiger partial charge in [0.1, 0.15) is 12.6 Å². The average molecular weight is 582 g/mol. The van der Waals surface area contributed by atoms with Crippen molar-refractivity contribution in [1.82, 2.24) is 10.2 Å². The maximum Gasteiger partial charge on any atom is 0.313 e. The molecule has 1 aliphatic rings. The summed E-state index contributed by atoms with van der Waals surface area (Å²) in [7, 11) is 0. The molecule has 0 saturated carbocycles. The van der Waals surface area contributed by atoms with Crippen LogP contribution in [0.5, 0.6) is 5.75 Å². The number of halogens is 4. The molecule has 3 N–H and O–H groups in total. The van der Waals surface area contributed by atoms with Crippen LogP contribution in [0, 0.1) is 29.2 Å². The van der Waals surface area contributed by atoms with Crippen LogP contribution < -0.4 is 15.4 Å². The molecule has 0 spiro atoms. The quantitative estimate of drug-likeness (QED) is 0.235. The van der Waals surface area contributed by atoms with Gasteiger partial charge in [-0.1, -0.05) is 39.0 Å². The summed E-state index contributed by atoms with van der Waals surface area (Å²) in [6.07, 6.45) is -0.943. The van der Waals surface area contributed by atoms with Crippen LogP contribution in [0.2, 0.25) is 0 Å². The normalized spacial score (nSPS) is 14.1. The molecule has 3 amide bonds. The van der Waals surface area contributed by atoms with Gasteiger partial charge in [-0.05, 0) is 17.0 Å². The first kappa shape index (κ1) is 31.0. The van der Waals surface area contributed by atoms with Crippen LogP contribution in [0.25, 0.3) is 0 Å². The van der Waals surface area contributed by atoms with Crippen molar-refractivity contribution >= 4 is 35.2 Å². The number of aliphatic carboxylic acids is 1. The Morgan fingerprint density at radius 2 is 1.61 bits per heavy atom. The second kappa shape index (κ2) is 12.4. The van der Waals surface area contributed by atoms with E-state index >= 15 is 0 Å². The highest BCUT2D eigenvalue weighted by atomic mass is 19.2. The predicted molar refractivity (Wildman–Crippen MR) is 135 cm³/mol. The van der Waals surface area contributed by atoms with Gasteiger partial charge in [0, 0.05) is 24.8 Å². The minimum Gasteiger partial charge on any atom is -0.481 e. The summed E-state index contributed by atoms with van der Waals surface area (Å²) >= 11 is 0. The summed E-state index contributed by atoms with van der Waals surface area (Å²) in [5.41, 5.74) is 0.928. The molecule has 41 heavy (non-hydrogen) atoms. The molecule has 0 aromatic heterocycles. The molecule has 220 valence electrons. The molecule has 0 radical (unpaired) electrons. The largest absolute Gasteiger partial charge is 0.481 e. The molecule has 0 unspecified atom stereocenters. The molecule has 1 atom stereocenters. The van der Waals surface area contributed by atoms with Gasteiger partial charge in [-0.2, -0.15) is 8.78 Å². The standard InChI is InChI=1S/C27H27F4N3O7/c1-27(2,3)14-6-4-5-7-17(14)32-25(39)26(40)34-10-13(11-34)24(38)33-18(9-20(36)37)19(35)12-41-23-21(30)15(28)8-16(29)22(23)31/h4-8,13,18H,9-12H2,1-3H3,(H,32,39)(H,33,38)(H,36,37)/t18-/m0/s1. The van der Waals surface area contributed by atoms with Crippen molar-refractivity contribution in [3.8, 4) is 5.75 Å². The van der Waals surface area contributed by atoms with Crippen molar-refractivity contribution in [3.05, 3.63) is 59.2 Å². The van der Waals surface area contributed by atoms with Crippen LogP contribution in [0.1, 0.15) is 32.8 Å². The number of carbonyl (C=O) groups excluding carboxylic acids is 4. The third kappa shape index (κ3) is 7.38. The number of anilines is 1. The van der Waals surface area contributed by atoms with E-state index in [0.29, 0.717) is 5.69 Å². The highest BCUT2D eigenvalue weighted by molar-refractivity contribution is 6.39. The van der Waals surface area contributed by atoms with Gasteiger partial charge >= 0.3 is 17.8 Å². The van der Waals surface area contributed by atoms with E-state index in [-0.39, 0.29) is 24.6 Å². The second-order valence-corrected chi connectivity index (χ2v) is 10.4. The first-order valence-electron chi connectivity index (χ1n) is 12.3. The van der Waals surface area contributed by atoms with Crippen molar-refractivity contribution in [1.29, 1.82) is 0 Å². The zero-order valence-electron chi connectivity index (χ0n) is 22.2. The van der Waals surface area contributed by atoms with Gasteiger partial charge in [-0.25, -0.2) is 8.78 Å². The summed E-state index contributed by atoms with van der Waals surface area (Å²) in [4.78, 5) is 62.5. The monoisotopic (exact) mass is 581 g/mol. The van der Waals surface area contributed by atoms with Crippen molar-refractivity contribution in [2.24, 2.45) is 5.92 Å². The molecule has 1 fully saturated rings. The van der Waals surface area contributed by atoms with Gasteiger partial charge in [0.2, 0.25) is 17.5 Å². The molecule has 2 aromatic carbocycles. The highest BCUT2D eigenvalue weighted by Crippen LogP contribution is 2.30. The molecule has 1 heterocycles. The fraction of sp³-hybridized carbons (Fsp3) is 0.370. The Kier molecular flexibility index (Phi) is 9.35. The second-order valence-electron chi connectivity index (χ2n) is 10.4. The van der Waals surface area contributed by atoms with Crippen LogP contribution in [-0.2, 0) is 29.4 Å². The van der Waals surface area contributed by atoms with E-state index in [1.54, 1.807) is 18.2 Å². The fourth-order valence-corrected chi connectivity index (χ4v) is 4.01. The number of carboxylic acid groups (broad SMARTS) is 1. The lowest BCUT2D eigenvalue weighted by Gasteiger charge is -2.38. The van der Waals surface area contributed by atoms with Gasteiger partial charge in [-0.15, -0.1) is 0 Å². The average Bonchev–Trinajstić information content (AvgIpc) is 2.85. The first-order chi connectivity index (χ1) is 19.1. The molecule has 2 aromatic rings. The highest BCUT2D eigenvalue weighted by Gasteiger charge is 2.40. The van der Waals surface area contributed by atoms with Crippen molar-refractivity contribution in [2.75, 3.05) is 25.0 Å². The number of nitrogens with zero attached hydrogens (tertiary/aromatic N) is 1. The molecule has 10 nitrogen and oxygen atoms in total. The molecule has 14 heteroatoms. The van der Waals surface area contributed by atoms with Crippen molar-refractivity contribution < 1.29 is 51.4 Å². The maximum atomic E-state index is 13.8.